The molecule has 1 aromatic rings. The summed E-state index contributed by atoms with van der Waals surface area (Å²) in [6.07, 6.45) is 1.64. The fraction of sp³-hybridized carbons (Fsp3) is 0.462. The Labute approximate surface area is 124 Å². The first-order valence-electron chi connectivity index (χ1n) is 6.15. The van der Waals surface area contributed by atoms with Crippen molar-refractivity contribution in [2.24, 2.45) is 11.7 Å². The number of carbonyl (C=O) groups excluding carboxylic acids is 2. The average molecular weight is 301 g/mol. The van der Waals surface area contributed by atoms with Crippen molar-refractivity contribution in [2.45, 2.75) is 20.3 Å². The van der Waals surface area contributed by atoms with E-state index in [0.29, 0.717) is 17.9 Å². The van der Waals surface area contributed by atoms with Crippen LogP contribution in [0.3, 0.4) is 0 Å². The average Bonchev–Trinajstić information content (AvgIpc) is 2.30. The number of aromatic nitrogens is 1. The van der Waals surface area contributed by atoms with Gasteiger partial charge in [-0.25, -0.2) is 0 Å². The second-order valence-corrected chi connectivity index (χ2v) is 4.89. The van der Waals surface area contributed by atoms with Crippen LogP contribution >= 0.6 is 12.4 Å². The highest BCUT2D eigenvalue weighted by molar-refractivity contribution is 5.85. The quantitative estimate of drug-likeness (QED) is 0.803. The number of hydrogen-bond acceptors (Lipinski definition) is 4. The molecular formula is C13H21ClN4O2. The summed E-state index contributed by atoms with van der Waals surface area (Å²) in [6, 6.07) is 3.39. The van der Waals surface area contributed by atoms with E-state index in [0.717, 1.165) is 0 Å². The largest absolute Gasteiger partial charge is 0.397 e. The summed E-state index contributed by atoms with van der Waals surface area (Å²) in [5, 5.41) is 0. The minimum Gasteiger partial charge on any atom is -0.397 e. The summed E-state index contributed by atoms with van der Waals surface area (Å²) in [4.78, 5) is 28.6. The van der Waals surface area contributed by atoms with Gasteiger partial charge in [-0.2, -0.15) is 0 Å². The number of halogens is 1. The van der Waals surface area contributed by atoms with Gasteiger partial charge in [-0.3, -0.25) is 14.6 Å². The monoisotopic (exact) mass is 300 g/mol. The van der Waals surface area contributed by atoms with Crippen LogP contribution in [0.15, 0.2) is 18.3 Å². The standard InChI is InChI=1S/C13H20N4O2.ClH/c1-9(2)7-17(8-12(15)18)13(19)5-11-4-3-10(14)6-16-11;/h3-4,6,9H,5,7-8,14H2,1-2H3,(H2,15,18);1H. The SMILES string of the molecule is CC(C)CN(CC(N)=O)C(=O)Cc1ccc(N)cn1.Cl. The van der Waals surface area contributed by atoms with Crippen molar-refractivity contribution in [1.82, 2.24) is 9.88 Å². The molecule has 0 aliphatic heterocycles. The van der Waals surface area contributed by atoms with Gasteiger partial charge in [0.1, 0.15) is 0 Å². The second kappa shape index (κ2) is 8.37. The Morgan fingerprint density at radius 3 is 2.45 bits per heavy atom. The maximum absolute atomic E-state index is 12.1. The van der Waals surface area contributed by atoms with E-state index in [2.05, 4.69) is 4.98 Å². The Morgan fingerprint density at radius 2 is 2.00 bits per heavy atom. The fourth-order valence-corrected chi connectivity index (χ4v) is 1.69. The normalized spacial score (nSPS) is 9.95. The lowest BCUT2D eigenvalue weighted by atomic mass is 10.2. The molecule has 0 aromatic carbocycles. The first-order valence-corrected chi connectivity index (χ1v) is 6.15. The summed E-state index contributed by atoms with van der Waals surface area (Å²) in [5.74, 6) is -0.410. The lowest BCUT2D eigenvalue weighted by molar-refractivity contribution is -0.135. The molecule has 4 N–H and O–H groups in total. The van der Waals surface area contributed by atoms with Gasteiger partial charge in [-0.05, 0) is 18.1 Å². The van der Waals surface area contributed by atoms with Crippen LogP contribution in [0.25, 0.3) is 0 Å². The van der Waals surface area contributed by atoms with E-state index in [1.807, 2.05) is 13.8 Å². The van der Waals surface area contributed by atoms with Crippen molar-refractivity contribution in [2.75, 3.05) is 18.8 Å². The molecule has 6 nitrogen and oxygen atoms in total. The predicted molar refractivity (Wildman–Crippen MR) is 80.2 cm³/mol. The molecule has 0 aliphatic rings. The van der Waals surface area contributed by atoms with E-state index in [1.54, 1.807) is 12.1 Å². The lowest BCUT2D eigenvalue weighted by Gasteiger charge is -2.23. The highest BCUT2D eigenvalue weighted by atomic mass is 35.5. The Bertz CT molecular complexity index is 448. The Kier molecular flexibility index (Phi) is 7.61. The molecule has 0 fully saturated rings. The first-order chi connectivity index (χ1) is 8.88. The fourth-order valence-electron chi connectivity index (χ4n) is 1.69. The minimum atomic E-state index is -0.515. The van der Waals surface area contributed by atoms with Crippen molar-refractivity contribution in [3.63, 3.8) is 0 Å². The van der Waals surface area contributed by atoms with Crippen LogP contribution in [-0.2, 0) is 16.0 Å². The van der Waals surface area contributed by atoms with Crippen molar-refractivity contribution < 1.29 is 9.59 Å². The van der Waals surface area contributed by atoms with Gasteiger partial charge in [0, 0.05) is 12.2 Å². The summed E-state index contributed by atoms with van der Waals surface area (Å²) in [6.45, 7) is 4.38. The maximum Gasteiger partial charge on any atom is 0.237 e. The number of nitrogens with two attached hydrogens (primary N) is 2. The molecule has 0 spiro atoms. The molecule has 7 heteroatoms. The number of pyridine rings is 1. The summed E-state index contributed by atoms with van der Waals surface area (Å²) in [7, 11) is 0. The van der Waals surface area contributed by atoms with Gasteiger partial charge in [0.25, 0.3) is 0 Å². The van der Waals surface area contributed by atoms with E-state index in [9.17, 15) is 9.59 Å². The molecule has 1 heterocycles. The molecule has 0 saturated carbocycles. The number of hydrogen-bond donors (Lipinski definition) is 2. The molecule has 0 unspecified atom stereocenters. The third kappa shape index (κ3) is 6.38. The van der Waals surface area contributed by atoms with Crippen LogP contribution < -0.4 is 11.5 Å². The van der Waals surface area contributed by atoms with E-state index in [-0.39, 0.29) is 37.2 Å². The van der Waals surface area contributed by atoms with Gasteiger partial charge in [0.15, 0.2) is 0 Å². The predicted octanol–water partition coefficient (Wildman–Crippen LogP) is 0.598. The number of amides is 2. The molecule has 0 saturated heterocycles. The highest BCUT2D eigenvalue weighted by Gasteiger charge is 2.17. The molecule has 0 aliphatic carbocycles. The summed E-state index contributed by atoms with van der Waals surface area (Å²) >= 11 is 0. The Balaban J connectivity index is 0.00000361. The van der Waals surface area contributed by atoms with Crippen molar-refractivity contribution in [3.05, 3.63) is 24.0 Å². The number of nitrogens with zero attached hydrogens (tertiary/aromatic N) is 2. The molecule has 1 rings (SSSR count). The van der Waals surface area contributed by atoms with Gasteiger partial charge in [-0.1, -0.05) is 13.8 Å². The summed E-state index contributed by atoms with van der Waals surface area (Å²) < 4.78 is 0. The third-order valence-corrected chi connectivity index (χ3v) is 2.46. The van der Waals surface area contributed by atoms with E-state index >= 15 is 0 Å². The molecule has 0 radical (unpaired) electrons. The molecule has 2 amide bonds. The van der Waals surface area contributed by atoms with E-state index in [1.165, 1.54) is 11.1 Å². The van der Waals surface area contributed by atoms with Gasteiger partial charge in [-0.15, -0.1) is 12.4 Å². The number of rotatable bonds is 6. The molecule has 0 bridgehead atoms. The molecular weight excluding hydrogens is 280 g/mol. The van der Waals surface area contributed by atoms with Crippen LogP contribution in [0.2, 0.25) is 0 Å². The molecule has 112 valence electrons. The zero-order valence-electron chi connectivity index (χ0n) is 11.7. The minimum absolute atomic E-state index is 0. The molecule has 0 atom stereocenters. The van der Waals surface area contributed by atoms with Gasteiger partial charge >= 0.3 is 0 Å². The smallest absolute Gasteiger partial charge is 0.237 e. The van der Waals surface area contributed by atoms with Gasteiger partial charge < -0.3 is 16.4 Å². The maximum atomic E-state index is 12.1. The van der Waals surface area contributed by atoms with Crippen molar-refractivity contribution >= 4 is 29.9 Å². The van der Waals surface area contributed by atoms with Crippen LogP contribution in [0, 0.1) is 5.92 Å². The number of primary amides is 1. The van der Waals surface area contributed by atoms with E-state index in [4.69, 9.17) is 11.5 Å². The van der Waals surface area contributed by atoms with Crippen LogP contribution in [0.4, 0.5) is 5.69 Å². The zero-order chi connectivity index (χ0) is 14.4. The lowest BCUT2D eigenvalue weighted by Crippen LogP contribution is -2.41. The summed E-state index contributed by atoms with van der Waals surface area (Å²) in [5.41, 5.74) is 11.9. The number of anilines is 1. The van der Waals surface area contributed by atoms with E-state index < -0.39 is 5.91 Å². The van der Waals surface area contributed by atoms with Crippen molar-refractivity contribution in [3.8, 4) is 0 Å². The van der Waals surface area contributed by atoms with Crippen LogP contribution in [0.1, 0.15) is 19.5 Å². The molecule has 1 aromatic heterocycles. The zero-order valence-corrected chi connectivity index (χ0v) is 12.5. The molecule has 20 heavy (non-hydrogen) atoms. The van der Waals surface area contributed by atoms with Crippen LogP contribution in [-0.4, -0.2) is 34.8 Å². The number of carbonyl (C=O) groups is 2. The Morgan fingerprint density at radius 1 is 1.35 bits per heavy atom. The topological polar surface area (TPSA) is 102 Å². The van der Waals surface area contributed by atoms with Crippen LogP contribution in [0.5, 0.6) is 0 Å². The van der Waals surface area contributed by atoms with Gasteiger partial charge in [0.2, 0.25) is 11.8 Å². The highest BCUT2D eigenvalue weighted by Crippen LogP contribution is 2.06. The van der Waals surface area contributed by atoms with Crippen molar-refractivity contribution in [1.29, 1.82) is 0 Å². The second-order valence-electron chi connectivity index (χ2n) is 4.89. The van der Waals surface area contributed by atoms with Gasteiger partial charge in [0.05, 0.1) is 24.8 Å². The first kappa shape index (κ1) is 18.2. The third-order valence-electron chi connectivity index (χ3n) is 2.46. The number of nitrogen functional groups attached to an aromatic ring is 1. The Hall–Kier alpha value is -1.82.